The van der Waals surface area contributed by atoms with Crippen molar-refractivity contribution >= 4 is 18.0 Å². The first-order valence-electron chi connectivity index (χ1n) is 5.89. The van der Waals surface area contributed by atoms with Crippen LogP contribution >= 0.6 is 0 Å². The number of hydrogen-bond donors (Lipinski definition) is 2. The molecule has 0 unspecified atom stereocenters. The normalized spacial score (nSPS) is 13.0. The average molecular weight is 275 g/mol. The third-order valence-electron chi connectivity index (χ3n) is 2.46. The van der Waals surface area contributed by atoms with Crippen LogP contribution in [0.4, 0.5) is 0 Å². The van der Waals surface area contributed by atoms with Crippen molar-refractivity contribution in [3.8, 4) is 11.5 Å². The number of hydrogen-bond acceptors (Lipinski definition) is 4. The first-order valence-corrected chi connectivity index (χ1v) is 5.89. The number of aliphatic carboxylic acids is 1. The van der Waals surface area contributed by atoms with Gasteiger partial charge in [0.25, 0.3) is 0 Å². The largest absolute Gasteiger partial charge is 0.480 e. The molecule has 6 nitrogen and oxygen atoms in total. The topological polar surface area (TPSA) is 84.9 Å². The first kappa shape index (κ1) is 13.7. The van der Waals surface area contributed by atoms with Crippen molar-refractivity contribution in [1.82, 2.24) is 5.32 Å². The monoisotopic (exact) mass is 275 g/mol. The lowest BCUT2D eigenvalue weighted by Gasteiger charge is -1.97. The van der Waals surface area contributed by atoms with Crippen molar-refractivity contribution in [2.24, 2.45) is 0 Å². The zero-order valence-corrected chi connectivity index (χ0v) is 10.5. The molecule has 0 bridgehead atoms. The summed E-state index contributed by atoms with van der Waals surface area (Å²) in [6.45, 7) is -0.165. The number of nitrogens with one attached hydrogen (secondary N) is 1. The molecule has 1 aliphatic heterocycles. The van der Waals surface area contributed by atoms with Gasteiger partial charge in [-0.25, -0.2) is 0 Å². The third-order valence-corrected chi connectivity index (χ3v) is 2.46. The van der Waals surface area contributed by atoms with E-state index in [9.17, 15) is 9.59 Å². The van der Waals surface area contributed by atoms with Gasteiger partial charge < -0.3 is 19.9 Å². The molecule has 6 heteroatoms. The highest BCUT2D eigenvalue weighted by Gasteiger charge is 2.11. The Balaban J connectivity index is 1.87. The number of allylic oxidation sites excluding steroid dienone is 2. The van der Waals surface area contributed by atoms with E-state index in [4.69, 9.17) is 14.6 Å². The van der Waals surface area contributed by atoms with Gasteiger partial charge in [0.05, 0.1) is 0 Å². The van der Waals surface area contributed by atoms with Crippen LogP contribution < -0.4 is 14.8 Å². The molecule has 1 aromatic rings. The Morgan fingerprint density at radius 1 is 1.25 bits per heavy atom. The molecule has 0 atom stereocenters. The predicted octanol–water partition coefficient (Wildman–Crippen LogP) is 1.19. The summed E-state index contributed by atoms with van der Waals surface area (Å²) in [6, 6.07) is 5.50. The number of fused-ring (bicyclic) bond motifs is 1. The molecule has 0 fully saturated rings. The Morgan fingerprint density at radius 3 is 2.85 bits per heavy atom. The molecule has 1 amide bonds. The van der Waals surface area contributed by atoms with Crippen LogP contribution in [0.5, 0.6) is 11.5 Å². The molecule has 20 heavy (non-hydrogen) atoms. The molecule has 0 aromatic heterocycles. The van der Waals surface area contributed by atoms with Crippen molar-refractivity contribution in [1.29, 1.82) is 0 Å². The maximum atomic E-state index is 11.2. The van der Waals surface area contributed by atoms with Crippen molar-refractivity contribution in [2.45, 2.75) is 0 Å². The molecular weight excluding hydrogens is 262 g/mol. The summed E-state index contributed by atoms with van der Waals surface area (Å²) in [6.07, 6.45) is 6.26. The van der Waals surface area contributed by atoms with Crippen molar-refractivity contribution < 1.29 is 24.2 Å². The fraction of sp³-hybridized carbons (Fsp3) is 0.143. The summed E-state index contributed by atoms with van der Waals surface area (Å²) >= 11 is 0. The number of ether oxygens (including phenoxy) is 2. The van der Waals surface area contributed by atoms with Crippen LogP contribution in [0.15, 0.2) is 36.4 Å². The van der Waals surface area contributed by atoms with E-state index in [1.165, 1.54) is 12.2 Å². The van der Waals surface area contributed by atoms with E-state index in [1.807, 2.05) is 18.2 Å². The number of carbonyl (C=O) groups excluding carboxylic acids is 1. The second kappa shape index (κ2) is 6.42. The number of amides is 1. The zero-order chi connectivity index (χ0) is 14.4. The molecule has 0 spiro atoms. The number of carboxylic acids is 1. The van der Waals surface area contributed by atoms with E-state index in [2.05, 4.69) is 5.32 Å². The molecule has 0 saturated carbocycles. The van der Waals surface area contributed by atoms with Crippen molar-refractivity contribution in [3.63, 3.8) is 0 Å². The highest BCUT2D eigenvalue weighted by Crippen LogP contribution is 2.32. The fourth-order valence-electron chi connectivity index (χ4n) is 1.55. The number of carboxylic acid groups (broad SMARTS) is 1. The highest BCUT2D eigenvalue weighted by molar-refractivity contribution is 5.90. The van der Waals surface area contributed by atoms with Crippen LogP contribution in [0, 0.1) is 0 Å². The summed E-state index contributed by atoms with van der Waals surface area (Å²) in [5.74, 6) is -0.133. The predicted molar refractivity (Wildman–Crippen MR) is 71.4 cm³/mol. The Morgan fingerprint density at radius 2 is 2.05 bits per heavy atom. The molecule has 1 heterocycles. The van der Waals surface area contributed by atoms with Gasteiger partial charge in [-0.15, -0.1) is 0 Å². The van der Waals surface area contributed by atoms with E-state index in [0.717, 1.165) is 5.56 Å². The lowest BCUT2D eigenvalue weighted by molar-refractivity contribution is -0.137. The summed E-state index contributed by atoms with van der Waals surface area (Å²) in [4.78, 5) is 21.4. The Hall–Kier alpha value is -2.76. The highest BCUT2D eigenvalue weighted by atomic mass is 16.7. The summed E-state index contributed by atoms with van der Waals surface area (Å²) in [5, 5.41) is 10.6. The van der Waals surface area contributed by atoms with Crippen LogP contribution in [0.25, 0.3) is 6.08 Å². The standard InChI is InChI=1S/C14H13NO5/c16-13(15-8-14(17)18)4-2-1-3-10-5-6-11-12(7-10)20-9-19-11/h1-7H,8-9H2,(H,15,16)(H,17,18). The lowest BCUT2D eigenvalue weighted by Crippen LogP contribution is -2.27. The smallest absolute Gasteiger partial charge is 0.322 e. The number of carbonyl (C=O) groups is 2. The van der Waals surface area contributed by atoms with Gasteiger partial charge in [0.1, 0.15) is 6.54 Å². The minimum Gasteiger partial charge on any atom is -0.480 e. The molecule has 0 aliphatic carbocycles. The minimum absolute atomic E-state index is 0.228. The maximum Gasteiger partial charge on any atom is 0.322 e. The minimum atomic E-state index is -1.08. The Kier molecular flexibility index (Phi) is 4.39. The van der Waals surface area contributed by atoms with Crippen LogP contribution in [0.2, 0.25) is 0 Å². The van der Waals surface area contributed by atoms with Gasteiger partial charge in [-0.2, -0.15) is 0 Å². The molecule has 2 N–H and O–H groups in total. The average Bonchev–Trinajstić information content (AvgIpc) is 2.88. The van der Waals surface area contributed by atoms with E-state index >= 15 is 0 Å². The van der Waals surface area contributed by atoms with E-state index in [-0.39, 0.29) is 6.79 Å². The lowest BCUT2D eigenvalue weighted by atomic mass is 10.2. The first-order chi connectivity index (χ1) is 9.65. The van der Waals surface area contributed by atoms with E-state index in [1.54, 1.807) is 12.2 Å². The molecule has 1 aliphatic rings. The summed E-state index contributed by atoms with van der Waals surface area (Å²) < 4.78 is 10.4. The summed E-state index contributed by atoms with van der Waals surface area (Å²) in [5.41, 5.74) is 0.907. The number of rotatable bonds is 5. The molecule has 0 radical (unpaired) electrons. The van der Waals surface area contributed by atoms with Crippen LogP contribution in [-0.2, 0) is 9.59 Å². The second-order valence-electron chi connectivity index (χ2n) is 3.94. The van der Waals surface area contributed by atoms with Gasteiger partial charge in [0.2, 0.25) is 12.7 Å². The molecule has 104 valence electrons. The van der Waals surface area contributed by atoms with Gasteiger partial charge >= 0.3 is 5.97 Å². The maximum absolute atomic E-state index is 11.2. The second-order valence-corrected chi connectivity index (χ2v) is 3.94. The molecule has 0 saturated heterocycles. The van der Waals surface area contributed by atoms with Crippen LogP contribution in [0.3, 0.4) is 0 Å². The third kappa shape index (κ3) is 3.88. The fourth-order valence-corrected chi connectivity index (χ4v) is 1.55. The van der Waals surface area contributed by atoms with Crippen LogP contribution in [-0.4, -0.2) is 30.3 Å². The van der Waals surface area contributed by atoms with E-state index < -0.39 is 18.4 Å². The van der Waals surface area contributed by atoms with Gasteiger partial charge in [0.15, 0.2) is 11.5 Å². The zero-order valence-electron chi connectivity index (χ0n) is 10.5. The molecular formula is C14H13NO5. The number of benzene rings is 1. The SMILES string of the molecule is O=C(O)CNC(=O)C=CC=Cc1ccc2c(c1)OCO2. The molecule has 1 aromatic carbocycles. The quantitative estimate of drug-likeness (QED) is 0.622. The Labute approximate surface area is 115 Å². The van der Waals surface area contributed by atoms with Crippen molar-refractivity contribution in [3.05, 3.63) is 42.0 Å². The van der Waals surface area contributed by atoms with Gasteiger partial charge in [-0.3, -0.25) is 9.59 Å². The molecule has 2 rings (SSSR count). The summed E-state index contributed by atoms with van der Waals surface area (Å²) in [7, 11) is 0. The van der Waals surface area contributed by atoms with Gasteiger partial charge in [0, 0.05) is 6.08 Å². The van der Waals surface area contributed by atoms with Gasteiger partial charge in [-0.05, 0) is 17.7 Å². The van der Waals surface area contributed by atoms with E-state index in [0.29, 0.717) is 11.5 Å². The Bertz CT molecular complexity index is 577. The van der Waals surface area contributed by atoms with Gasteiger partial charge in [-0.1, -0.05) is 24.3 Å². The van der Waals surface area contributed by atoms with Crippen molar-refractivity contribution in [2.75, 3.05) is 13.3 Å². The van der Waals surface area contributed by atoms with Crippen LogP contribution in [0.1, 0.15) is 5.56 Å².